The van der Waals surface area contributed by atoms with Crippen LogP contribution < -0.4 is 0 Å². The van der Waals surface area contributed by atoms with Crippen molar-refractivity contribution in [3.8, 4) is 0 Å². The van der Waals surface area contributed by atoms with Crippen molar-refractivity contribution in [2.24, 2.45) is 11.8 Å². The molecule has 0 saturated carbocycles. The molecule has 5 nitrogen and oxygen atoms in total. The topological polar surface area (TPSA) is 60.9 Å². The number of carbonyl (C=O) groups is 2. The first-order valence-corrected chi connectivity index (χ1v) is 6.87. The summed E-state index contributed by atoms with van der Waals surface area (Å²) in [6, 6.07) is 0.159. The summed E-state index contributed by atoms with van der Waals surface area (Å²) in [6.45, 7) is 4.44. The molecular weight excluding hydrogens is 244 g/mol. The van der Waals surface area contributed by atoms with Gasteiger partial charge in [0, 0.05) is 25.7 Å². The minimum atomic E-state index is -0.857. The molecule has 0 radical (unpaired) electrons. The predicted octanol–water partition coefficient (Wildman–Crippen LogP) is 0.816. The van der Waals surface area contributed by atoms with Crippen LogP contribution in [-0.2, 0) is 9.59 Å². The van der Waals surface area contributed by atoms with E-state index in [-0.39, 0.29) is 11.9 Å². The number of allylic oxidation sites excluding steroid dienone is 2. The zero-order chi connectivity index (χ0) is 14.0. The summed E-state index contributed by atoms with van der Waals surface area (Å²) in [5.74, 6) is -1.81. The zero-order valence-corrected chi connectivity index (χ0v) is 11.6. The number of aliphatic carboxylic acids is 1. The summed E-state index contributed by atoms with van der Waals surface area (Å²) in [5.41, 5.74) is 0. The van der Waals surface area contributed by atoms with E-state index in [1.165, 1.54) is 0 Å². The van der Waals surface area contributed by atoms with Crippen molar-refractivity contribution in [3.63, 3.8) is 0 Å². The molecular formula is C14H22N2O3. The highest BCUT2D eigenvalue weighted by molar-refractivity contribution is 5.85. The molecule has 1 N–H and O–H groups in total. The second-order valence-corrected chi connectivity index (χ2v) is 5.64. The Morgan fingerprint density at radius 1 is 1.16 bits per heavy atom. The van der Waals surface area contributed by atoms with Crippen LogP contribution in [-0.4, -0.2) is 59.5 Å². The maximum atomic E-state index is 12.6. The van der Waals surface area contributed by atoms with Crippen molar-refractivity contribution in [1.82, 2.24) is 9.80 Å². The number of hydrogen-bond acceptors (Lipinski definition) is 3. The molecule has 2 aliphatic rings. The zero-order valence-electron chi connectivity index (χ0n) is 11.6. The van der Waals surface area contributed by atoms with Crippen LogP contribution in [0.5, 0.6) is 0 Å². The molecule has 0 bridgehead atoms. The van der Waals surface area contributed by atoms with Gasteiger partial charge in [0.05, 0.1) is 11.8 Å². The molecule has 1 heterocycles. The van der Waals surface area contributed by atoms with Crippen LogP contribution in [0.25, 0.3) is 0 Å². The van der Waals surface area contributed by atoms with Crippen LogP contribution in [0.3, 0.4) is 0 Å². The van der Waals surface area contributed by atoms with Crippen LogP contribution in [0.15, 0.2) is 12.2 Å². The van der Waals surface area contributed by atoms with Gasteiger partial charge in [0.15, 0.2) is 0 Å². The summed E-state index contributed by atoms with van der Waals surface area (Å²) in [5, 5.41) is 9.25. The average molecular weight is 266 g/mol. The van der Waals surface area contributed by atoms with Crippen molar-refractivity contribution in [1.29, 1.82) is 0 Å². The monoisotopic (exact) mass is 266 g/mol. The van der Waals surface area contributed by atoms with Crippen LogP contribution >= 0.6 is 0 Å². The Bertz CT molecular complexity index is 394. The third kappa shape index (κ3) is 2.97. The maximum absolute atomic E-state index is 12.6. The van der Waals surface area contributed by atoms with Gasteiger partial charge in [-0.15, -0.1) is 0 Å². The van der Waals surface area contributed by atoms with Crippen molar-refractivity contribution in [2.45, 2.75) is 25.8 Å². The predicted molar refractivity (Wildman–Crippen MR) is 71.7 cm³/mol. The van der Waals surface area contributed by atoms with E-state index in [0.717, 1.165) is 13.1 Å². The van der Waals surface area contributed by atoms with E-state index < -0.39 is 17.8 Å². The third-order valence-electron chi connectivity index (χ3n) is 4.18. The van der Waals surface area contributed by atoms with Crippen molar-refractivity contribution < 1.29 is 14.7 Å². The van der Waals surface area contributed by atoms with Gasteiger partial charge in [0.25, 0.3) is 0 Å². The van der Waals surface area contributed by atoms with E-state index >= 15 is 0 Å². The number of rotatable bonds is 2. The van der Waals surface area contributed by atoms with E-state index in [1.807, 2.05) is 31.0 Å². The lowest BCUT2D eigenvalue weighted by Gasteiger charge is -2.41. The highest BCUT2D eigenvalue weighted by Gasteiger charge is 2.38. The minimum absolute atomic E-state index is 0.0114. The Kier molecular flexibility index (Phi) is 4.24. The molecule has 1 unspecified atom stereocenters. The van der Waals surface area contributed by atoms with Crippen LogP contribution in [0, 0.1) is 11.8 Å². The number of nitrogens with zero attached hydrogens (tertiary/aromatic N) is 2. The van der Waals surface area contributed by atoms with Gasteiger partial charge in [0.1, 0.15) is 0 Å². The lowest BCUT2D eigenvalue weighted by molar-refractivity contribution is -0.152. The number of carboxylic acid groups (broad SMARTS) is 1. The van der Waals surface area contributed by atoms with Gasteiger partial charge >= 0.3 is 5.97 Å². The van der Waals surface area contributed by atoms with Gasteiger partial charge < -0.3 is 14.9 Å². The average Bonchev–Trinajstić information content (AvgIpc) is 2.38. The van der Waals surface area contributed by atoms with Gasteiger partial charge in [-0.25, -0.2) is 0 Å². The molecule has 1 aliphatic carbocycles. The highest BCUT2D eigenvalue weighted by Crippen LogP contribution is 2.28. The third-order valence-corrected chi connectivity index (χ3v) is 4.18. The van der Waals surface area contributed by atoms with Gasteiger partial charge in [-0.3, -0.25) is 9.59 Å². The maximum Gasteiger partial charge on any atom is 0.307 e. The second kappa shape index (κ2) is 5.74. The highest BCUT2D eigenvalue weighted by atomic mass is 16.4. The Morgan fingerprint density at radius 3 is 2.37 bits per heavy atom. The molecule has 1 aliphatic heterocycles. The molecule has 1 saturated heterocycles. The molecule has 0 aromatic rings. The molecule has 106 valence electrons. The second-order valence-electron chi connectivity index (χ2n) is 5.64. The van der Waals surface area contributed by atoms with Gasteiger partial charge in [-0.05, 0) is 26.8 Å². The molecule has 2 rings (SSSR count). The molecule has 0 spiro atoms. The molecule has 1 amide bonds. The SMILES string of the molecule is CC1CN(C)CCN1C(=O)[C@@H]1CC=CC[C@@H]1C(=O)O. The Balaban J connectivity index is 2.09. The number of likely N-dealkylation sites (N-methyl/N-ethyl adjacent to an activating group) is 1. The molecule has 0 aromatic heterocycles. The summed E-state index contributed by atoms with van der Waals surface area (Å²) in [7, 11) is 2.04. The fourth-order valence-electron chi connectivity index (χ4n) is 3.04. The fourth-order valence-corrected chi connectivity index (χ4v) is 3.04. The van der Waals surface area contributed by atoms with Gasteiger partial charge in [-0.2, -0.15) is 0 Å². The van der Waals surface area contributed by atoms with E-state index in [0.29, 0.717) is 19.4 Å². The van der Waals surface area contributed by atoms with Gasteiger partial charge in [-0.1, -0.05) is 12.2 Å². The summed E-state index contributed by atoms with van der Waals surface area (Å²) in [4.78, 5) is 27.9. The number of piperazine rings is 1. The lowest BCUT2D eigenvalue weighted by Crippen LogP contribution is -2.55. The lowest BCUT2D eigenvalue weighted by atomic mass is 9.81. The number of amides is 1. The van der Waals surface area contributed by atoms with Crippen molar-refractivity contribution in [2.75, 3.05) is 26.7 Å². The van der Waals surface area contributed by atoms with Crippen molar-refractivity contribution >= 4 is 11.9 Å². The molecule has 1 fully saturated rings. The quantitative estimate of drug-likeness (QED) is 0.752. The largest absolute Gasteiger partial charge is 0.481 e. The van der Waals surface area contributed by atoms with Crippen LogP contribution in [0.4, 0.5) is 0 Å². The Hall–Kier alpha value is -1.36. The summed E-state index contributed by atoms with van der Waals surface area (Å²) >= 11 is 0. The first-order valence-electron chi connectivity index (χ1n) is 6.87. The summed E-state index contributed by atoms with van der Waals surface area (Å²) < 4.78 is 0. The number of carboxylic acids is 1. The van der Waals surface area contributed by atoms with Gasteiger partial charge in [0.2, 0.25) is 5.91 Å². The Labute approximate surface area is 113 Å². The first kappa shape index (κ1) is 14.1. The van der Waals surface area contributed by atoms with E-state index in [4.69, 9.17) is 0 Å². The van der Waals surface area contributed by atoms with E-state index in [9.17, 15) is 14.7 Å². The molecule has 5 heteroatoms. The molecule has 0 aromatic carbocycles. The number of carbonyl (C=O) groups excluding carboxylic acids is 1. The number of hydrogen-bond donors (Lipinski definition) is 1. The fraction of sp³-hybridized carbons (Fsp3) is 0.714. The van der Waals surface area contributed by atoms with E-state index in [1.54, 1.807) is 0 Å². The molecule has 19 heavy (non-hydrogen) atoms. The Morgan fingerprint density at radius 2 is 1.79 bits per heavy atom. The molecule has 3 atom stereocenters. The first-order chi connectivity index (χ1) is 9.00. The van der Waals surface area contributed by atoms with E-state index in [2.05, 4.69) is 4.90 Å². The standard InChI is InChI=1S/C14H22N2O3/c1-10-9-15(2)7-8-16(10)13(17)11-5-3-4-6-12(11)14(18)19/h3-4,10-12H,5-9H2,1-2H3,(H,18,19)/t10?,11-,12+/m1/s1. The minimum Gasteiger partial charge on any atom is -0.481 e. The normalized spacial score (nSPS) is 32.3. The summed E-state index contributed by atoms with van der Waals surface area (Å²) in [6.07, 6.45) is 4.82. The van der Waals surface area contributed by atoms with Crippen LogP contribution in [0.2, 0.25) is 0 Å². The van der Waals surface area contributed by atoms with Crippen LogP contribution in [0.1, 0.15) is 19.8 Å². The van der Waals surface area contributed by atoms with Crippen molar-refractivity contribution in [3.05, 3.63) is 12.2 Å². The smallest absolute Gasteiger partial charge is 0.307 e.